The molecule has 1 heterocycles. The van der Waals surface area contributed by atoms with Crippen LogP contribution in [0.4, 0.5) is 14.9 Å². The van der Waals surface area contributed by atoms with Gasteiger partial charge in [0.05, 0.1) is 5.69 Å². The van der Waals surface area contributed by atoms with Gasteiger partial charge in [-0.15, -0.1) is 0 Å². The number of carbonyl (C=O) groups is 2. The molecule has 1 N–H and O–H groups in total. The van der Waals surface area contributed by atoms with E-state index in [4.69, 9.17) is 16.3 Å². The number of amides is 2. The van der Waals surface area contributed by atoms with E-state index < -0.39 is 23.9 Å². The number of likely N-dealkylation sites (tertiary alicyclic amines) is 1. The van der Waals surface area contributed by atoms with Gasteiger partial charge in [0, 0.05) is 26.6 Å². The Morgan fingerprint density at radius 3 is 2.47 bits per heavy atom. The van der Waals surface area contributed by atoms with Crippen LogP contribution in [0.1, 0.15) is 18.4 Å². The molecule has 1 aliphatic heterocycles. The Hall–Kier alpha value is -2.65. The Kier molecular flexibility index (Phi) is 8.05. The Morgan fingerprint density at radius 2 is 1.71 bits per heavy atom. The first-order chi connectivity index (χ1) is 16.4. The summed E-state index contributed by atoms with van der Waals surface area (Å²) in [6.45, 7) is 0.499. The number of benzene rings is 3. The van der Waals surface area contributed by atoms with Gasteiger partial charge in [-0.1, -0.05) is 94.9 Å². The zero-order chi connectivity index (χ0) is 24.1. The first-order valence-corrected chi connectivity index (χ1v) is 12.5. The van der Waals surface area contributed by atoms with Crippen LogP contribution in [0.25, 0.3) is 11.1 Å². The highest BCUT2D eigenvalue weighted by Gasteiger charge is 2.36. The van der Waals surface area contributed by atoms with Crippen LogP contribution in [0.15, 0.2) is 72.8 Å². The van der Waals surface area contributed by atoms with E-state index in [9.17, 15) is 9.59 Å². The number of carbonyl (C=O) groups excluding carboxylic acids is 2. The molecule has 0 bridgehead atoms. The smallest absolute Gasteiger partial charge is 0.410 e. The number of nitrogens with one attached hydrogen (secondary N) is 1. The van der Waals surface area contributed by atoms with Crippen molar-refractivity contribution in [3.8, 4) is 11.1 Å². The van der Waals surface area contributed by atoms with E-state index in [0.717, 1.165) is 12.0 Å². The van der Waals surface area contributed by atoms with Crippen LogP contribution in [0.3, 0.4) is 0 Å². The second-order valence-electron chi connectivity index (χ2n) is 8.02. The number of ether oxygens (including phenoxy) is 1. The SMILES string of the molecule is O=C(Nc1cccc(-c2ccccc2Cl)c1F)[C@@H]1CC[C@@H](I)CN1C(=O)OCc1ccccc1. The molecule has 3 aromatic rings. The van der Waals surface area contributed by atoms with Crippen LogP contribution in [-0.2, 0) is 16.1 Å². The second kappa shape index (κ2) is 11.2. The van der Waals surface area contributed by atoms with E-state index in [1.807, 2.05) is 30.3 Å². The molecular weight excluding hydrogens is 570 g/mol. The van der Waals surface area contributed by atoms with Gasteiger partial charge < -0.3 is 10.1 Å². The quantitative estimate of drug-likeness (QED) is 0.265. The average Bonchev–Trinajstić information content (AvgIpc) is 2.85. The lowest BCUT2D eigenvalue weighted by atomic mass is 10.0. The van der Waals surface area contributed by atoms with Gasteiger partial charge in [-0.05, 0) is 30.5 Å². The lowest BCUT2D eigenvalue weighted by molar-refractivity contribution is -0.121. The molecule has 34 heavy (non-hydrogen) atoms. The van der Waals surface area contributed by atoms with Crippen molar-refractivity contribution in [1.29, 1.82) is 0 Å². The fourth-order valence-electron chi connectivity index (χ4n) is 3.94. The Morgan fingerprint density at radius 1 is 1.00 bits per heavy atom. The summed E-state index contributed by atoms with van der Waals surface area (Å²) in [5.41, 5.74) is 1.72. The zero-order valence-electron chi connectivity index (χ0n) is 18.2. The number of rotatable bonds is 5. The Labute approximate surface area is 216 Å². The molecule has 0 aromatic heterocycles. The molecule has 8 heteroatoms. The predicted octanol–water partition coefficient (Wildman–Crippen LogP) is 6.69. The third kappa shape index (κ3) is 5.70. The van der Waals surface area contributed by atoms with Crippen molar-refractivity contribution >= 4 is 51.9 Å². The van der Waals surface area contributed by atoms with E-state index in [-0.39, 0.29) is 16.2 Å². The van der Waals surface area contributed by atoms with E-state index >= 15 is 4.39 Å². The molecular formula is C26H23ClFIN2O3. The van der Waals surface area contributed by atoms with Crippen LogP contribution < -0.4 is 5.32 Å². The van der Waals surface area contributed by atoms with Crippen LogP contribution in [0.2, 0.25) is 5.02 Å². The van der Waals surface area contributed by atoms with E-state index in [0.29, 0.717) is 29.1 Å². The van der Waals surface area contributed by atoms with Crippen LogP contribution in [0, 0.1) is 5.82 Å². The molecule has 2 amide bonds. The maximum Gasteiger partial charge on any atom is 0.410 e. The summed E-state index contributed by atoms with van der Waals surface area (Å²) >= 11 is 8.51. The summed E-state index contributed by atoms with van der Waals surface area (Å²) in [6.07, 6.45) is 0.672. The van der Waals surface area contributed by atoms with Gasteiger partial charge >= 0.3 is 6.09 Å². The minimum atomic E-state index is -0.752. The molecule has 1 aliphatic rings. The second-order valence-corrected chi connectivity index (χ2v) is 10.2. The molecule has 1 fully saturated rings. The molecule has 0 spiro atoms. The molecule has 3 aromatic carbocycles. The van der Waals surface area contributed by atoms with E-state index in [2.05, 4.69) is 27.9 Å². The molecule has 4 rings (SSSR count). The van der Waals surface area contributed by atoms with Gasteiger partial charge in [0.25, 0.3) is 0 Å². The summed E-state index contributed by atoms with van der Waals surface area (Å²) in [4.78, 5) is 27.5. The van der Waals surface area contributed by atoms with Crippen molar-refractivity contribution in [2.24, 2.45) is 0 Å². The Bertz CT molecular complexity index is 1180. The fraction of sp³-hybridized carbons (Fsp3) is 0.231. The molecule has 5 nitrogen and oxygen atoms in total. The van der Waals surface area contributed by atoms with Crippen molar-refractivity contribution in [3.63, 3.8) is 0 Å². The van der Waals surface area contributed by atoms with E-state index in [1.165, 1.54) is 11.0 Å². The van der Waals surface area contributed by atoms with Crippen LogP contribution in [0.5, 0.6) is 0 Å². The largest absolute Gasteiger partial charge is 0.445 e. The Balaban J connectivity index is 1.50. The zero-order valence-corrected chi connectivity index (χ0v) is 21.1. The van der Waals surface area contributed by atoms with Gasteiger partial charge in [0.15, 0.2) is 5.82 Å². The van der Waals surface area contributed by atoms with Crippen molar-refractivity contribution in [1.82, 2.24) is 4.90 Å². The standard InChI is InChI=1S/C26H23ClFIN2O3/c27-21-11-5-4-9-19(21)20-10-6-12-22(24(20)28)30-25(32)23-14-13-18(29)15-31(23)26(33)34-16-17-7-2-1-3-8-17/h1-12,18,23H,13-16H2,(H,30,32)/t18-,23+/m1/s1. The van der Waals surface area contributed by atoms with Crippen molar-refractivity contribution in [2.75, 3.05) is 11.9 Å². The normalized spacial score (nSPS) is 17.8. The van der Waals surface area contributed by atoms with Gasteiger partial charge in [0.2, 0.25) is 5.91 Å². The number of anilines is 1. The van der Waals surface area contributed by atoms with Gasteiger partial charge in [-0.3, -0.25) is 9.69 Å². The van der Waals surface area contributed by atoms with Crippen LogP contribution in [-0.4, -0.2) is 33.4 Å². The number of hydrogen-bond donors (Lipinski definition) is 1. The molecule has 0 aliphatic carbocycles. The third-order valence-corrected chi connectivity index (χ3v) is 7.03. The third-order valence-electron chi connectivity index (χ3n) is 5.69. The highest BCUT2D eigenvalue weighted by molar-refractivity contribution is 14.1. The lowest BCUT2D eigenvalue weighted by Crippen LogP contribution is -2.52. The number of hydrogen-bond acceptors (Lipinski definition) is 3. The first kappa shape index (κ1) is 24.5. The molecule has 0 saturated carbocycles. The van der Waals surface area contributed by atoms with Gasteiger partial charge in [0.1, 0.15) is 12.6 Å². The summed E-state index contributed by atoms with van der Waals surface area (Å²) in [6, 6.07) is 20.3. The molecule has 1 saturated heterocycles. The topological polar surface area (TPSA) is 58.6 Å². The van der Waals surface area contributed by atoms with Crippen molar-refractivity contribution < 1.29 is 18.7 Å². The number of piperidine rings is 1. The summed E-state index contributed by atoms with van der Waals surface area (Å²) < 4.78 is 21.0. The van der Waals surface area contributed by atoms with Gasteiger partial charge in [-0.2, -0.15) is 0 Å². The monoisotopic (exact) mass is 592 g/mol. The molecule has 0 radical (unpaired) electrons. The summed E-state index contributed by atoms with van der Waals surface area (Å²) in [7, 11) is 0. The summed E-state index contributed by atoms with van der Waals surface area (Å²) in [5.74, 6) is -1.03. The predicted molar refractivity (Wildman–Crippen MR) is 140 cm³/mol. The molecule has 0 unspecified atom stereocenters. The minimum Gasteiger partial charge on any atom is -0.445 e. The van der Waals surface area contributed by atoms with Crippen LogP contribution >= 0.6 is 34.2 Å². The van der Waals surface area contributed by atoms with Crippen molar-refractivity contribution in [3.05, 3.63) is 89.2 Å². The maximum absolute atomic E-state index is 15.3. The van der Waals surface area contributed by atoms with Gasteiger partial charge in [-0.25, -0.2) is 9.18 Å². The average molecular weight is 593 g/mol. The summed E-state index contributed by atoms with van der Waals surface area (Å²) in [5, 5.41) is 3.09. The highest BCUT2D eigenvalue weighted by Crippen LogP contribution is 2.33. The minimum absolute atomic E-state index is 0.0385. The highest BCUT2D eigenvalue weighted by atomic mass is 127. The lowest BCUT2D eigenvalue weighted by Gasteiger charge is -2.36. The number of halogens is 3. The molecule has 176 valence electrons. The first-order valence-electron chi connectivity index (χ1n) is 10.9. The fourth-order valence-corrected chi connectivity index (χ4v) is 4.96. The molecule has 2 atom stereocenters. The maximum atomic E-state index is 15.3. The van der Waals surface area contributed by atoms with Crippen molar-refractivity contribution in [2.45, 2.75) is 29.4 Å². The number of alkyl halides is 1. The number of nitrogens with zero attached hydrogens (tertiary/aromatic N) is 1. The van der Waals surface area contributed by atoms with E-state index in [1.54, 1.807) is 36.4 Å².